The lowest BCUT2D eigenvalue weighted by molar-refractivity contribution is 0.0714. The third-order valence-electron chi connectivity index (χ3n) is 6.53. The topological polar surface area (TPSA) is 69.0 Å². The van der Waals surface area contributed by atoms with E-state index >= 15 is 0 Å². The van der Waals surface area contributed by atoms with Crippen molar-refractivity contribution in [2.45, 2.75) is 32.9 Å². The predicted molar refractivity (Wildman–Crippen MR) is 139 cm³/mol. The third kappa shape index (κ3) is 4.35. The number of fused-ring (bicyclic) bond motifs is 2. The van der Waals surface area contributed by atoms with E-state index in [1.54, 1.807) is 36.3 Å². The number of carbonyl (C=O) groups excluding carboxylic acids is 1. The second kappa shape index (κ2) is 9.90. The molecule has 5 rings (SSSR count). The largest absolute Gasteiger partial charge is 0.493 e. The lowest BCUT2D eigenvalue weighted by atomic mass is 9.97. The number of nitrogens with zero attached hydrogens (tertiary/aromatic N) is 1. The molecule has 3 aromatic carbocycles. The molecule has 1 aliphatic heterocycles. The number of hydrogen-bond donors (Lipinski definition) is 0. The summed E-state index contributed by atoms with van der Waals surface area (Å²) in [7, 11) is 1.59. The fraction of sp³-hybridized carbons (Fsp3) is 0.267. The molecular formula is C30H29NO5. The number of carbonyl (C=O) groups is 1. The van der Waals surface area contributed by atoms with Crippen LogP contribution in [0.1, 0.15) is 53.6 Å². The van der Waals surface area contributed by atoms with Gasteiger partial charge in [-0.25, -0.2) is 0 Å². The zero-order valence-electron chi connectivity index (χ0n) is 20.7. The fourth-order valence-electron chi connectivity index (χ4n) is 4.63. The Bertz CT molecular complexity index is 1460. The maximum absolute atomic E-state index is 13.7. The molecule has 6 heteroatoms. The van der Waals surface area contributed by atoms with Gasteiger partial charge < -0.3 is 18.8 Å². The van der Waals surface area contributed by atoms with Gasteiger partial charge in [0.05, 0.1) is 30.7 Å². The predicted octanol–water partition coefficient (Wildman–Crippen LogP) is 5.97. The Morgan fingerprint density at radius 1 is 0.944 bits per heavy atom. The van der Waals surface area contributed by atoms with Crippen molar-refractivity contribution in [2.24, 2.45) is 5.92 Å². The van der Waals surface area contributed by atoms with Crippen molar-refractivity contribution in [1.29, 1.82) is 0 Å². The molecule has 0 bridgehead atoms. The molecule has 1 aliphatic rings. The SMILES string of the molecule is COc1cc(C2c3c(oc4ccccc4c3=O)C(=O)N2Cc2ccccc2)ccc1OCCC(C)C. The smallest absolute Gasteiger partial charge is 0.291 e. The minimum Gasteiger partial charge on any atom is -0.493 e. The highest BCUT2D eigenvalue weighted by Crippen LogP contribution is 2.41. The summed E-state index contributed by atoms with van der Waals surface area (Å²) in [5.41, 5.74) is 2.28. The molecule has 0 fully saturated rings. The van der Waals surface area contributed by atoms with Crippen LogP contribution in [-0.2, 0) is 6.54 Å². The first kappa shape index (κ1) is 23.7. The molecule has 0 saturated carbocycles. The highest BCUT2D eigenvalue weighted by molar-refractivity contribution is 5.99. The summed E-state index contributed by atoms with van der Waals surface area (Å²) in [6, 6.07) is 21.7. The maximum atomic E-state index is 13.7. The molecule has 0 N–H and O–H groups in total. The van der Waals surface area contributed by atoms with Crippen LogP contribution in [0.4, 0.5) is 0 Å². The first-order valence-electron chi connectivity index (χ1n) is 12.2. The minimum absolute atomic E-state index is 0.0934. The first-order chi connectivity index (χ1) is 17.5. The summed E-state index contributed by atoms with van der Waals surface area (Å²) < 4.78 is 17.6. The van der Waals surface area contributed by atoms with Crippen LogP contribution in [0.2, 0.25) is 0 Å². The molecule has 0 radical (unpaired) electrons. The van der Waals surface area contributed by atoms with Crippen molar-refractivity contribution in [3.05, 3.63) is 105 Å². The summed E-state index contributed by atoms with van der Waals surface area (Å²) in [6.07, 6.45) is 0.925. The van der Waals surface area contributed by atoms with E-state index in [0.717, 1.165) is 17.5 Å². The Hall–Kier alpha value is -4.06. The second-order valence-corrected chi connectivity index (χ2v) is 9.43. The maximum Gasteiger partial charge on any atom is 0.291 e. The molecule has 1 aromatic heterocycles. The number of amides is 1. The van der Waals surface area contributed by atoms with Crippen molar-refractivity contribution in [2.75, 3.05) is 13.7 Å². The number of rotatable bonds is 8. The van der Waals surface area contributed by atoms with Crippen LogP contribution in [0.15, 0.2) is 82.0 Å². The van der Waals surface area contributed by atoms with Crippen LogP contribution in [0.25, 0.3) is 11.0 Å². The molecular weight excluding hydrogens is 454 g/mol. The van der Waals surface area contributed by atoms with E-state index in [-0.39, 0.29) is 17.1 Å². The van der Waals surface area contributed by atoms with E-state index in [0.29, 0.717) is 47.1 Å². The van der Waals surface area contributed by atoms with E-state index in [9.17, 15) is 9.59 Å². The van der Waals surface area contributed by atoms with Gasteiger partial charge in [0, 0.05) is 6.54 Å². The molecule has 2 heterocycles. The molecule has 1 atom stereocenters. The molecule has 36 heavy (non-hydrogen) atoms. The van der Waals surface area contributed by atoms with Crippen molar-refractivity contribution >= 4 is 16.9 Å². The average molecular weight is 484 g/mol. The Balaban J connectivity index is 1.62. The van der Waals surface area contributed by atoms with Gasteiger partial charge in [-0.3, -0.25) is 9.59 Å². The van der Waals surface area contributed by atoms with Crippen LogP contribution in [0, 0.1) is 5.92 Å². The molecule has 1 amide bonds. The van der Waals surface area contributed by atoms with Gasteiger partial charge >= 0.3 is 0 Å². The summed E-state index contributed by atoms with van der Waals surface area (Å²) in [6.45, 7) is 5.21. The molecule has 0 spiro atoms. The van der Waals surface area contributed by atoms with Crippen LogP contribution in [-0.4, -0.2) is 24.5 Å². The van der Waals surface area contributed by atoms with Crippen LogP contribution in [0.3, 0.4) is 0 Å². The highest BCUT2D eigenvalue weighted by atomic mass is 16.5. The van der Waals surface area contributed by atoms with Crippen LogP contribution < -0.4 is 14.9 Å². The lowest BCUT2D eigenvalue weighted by Crippen LogP contribution is -2.29. The van der Waals surface area contributed by atoms with Gasteiger partial charge in [-0.05, 0) is 47.7 Å². The summed E-state index contributed by atoms with van der Waals surface area (Å²) in [5.74, 6) is 1.50. The van der Waals surface area contributed by atoms with Gasteiger partial charge in [0.25, 0.3) is 5.91 Å². The van der Waals surface area contributed by atoms with Crippen molar-refractivity contribution in [3.63, 3.8) is 0 Å². The van der Waals surface area contributed by atoms with Crippen molar-refractivity contribution in [1.82, 2.24) is 4.90 Å². The van der Waals surface area contributed by atoms with Gasteiger partial charge in [-0.2, -0.15) is 0 Å². The number of hydrogen-bond acceptors (Lipinski definition) is 5. The van der Waals surface area contributed by atoms with E-state index in [1.165, 1.54) is 0 Å². The Kier molecular flexibility index (Phi) is 6.51. The number of methoxy groups -OCH3 is 1. The van der Waals surface area contributed by atoms with Gasteiger partial charge in [0.1, 0.15) is 5.58 Å². The summed E-state index contributed by atoms with van der Waals surface area (Å²) >= 11 is 0. The molecule has 184 valence electrons. The molecule has 1 unspecified atom stereocenters. The minimum atomic E-state index is -0.618. The normalized spacial score (nSPS) is 14.9. The number of para-hydroxylation sites is 1. The van der Waals surface area contributed by atoms with Gasteiger partial charge in [-0.15, -0.1) is 0 Å². The Labute approximate surface area is 210 Å². The van der Waals surface area contributed by atoms with Crippen LogP contribution >= 0.6 is 0 Å². The standard InChI is InChI=1S/C30H29NO5/c1-19(2)15-16-35-24-14-13-21(17-25(24)34-3)27-26-28(32)22-11-7-8-12-23(22)36-29(26)30(33)31(27)18-20-9-5-4-6-10-20/h4-14,17,19,27H,15-16,18H2,1-3H3. The fourth-order valence-corrected chi connectivity index (χ4v) is 4.63. The van der Waals surface area contributed by atoms with Gasteiger partial charge in [0.2, 0.25) is 5.76 Å². The highest BCUT2D eigenvalue weighted by Gasteiger charge is 2.43. The lowest BCUT2D eigenvalue weighted by Gasteiger charge is -2.26. The van der Waals surface area contributed by atoms with E-state index < -0.39 is 6.04 Å². The quantitative estimate of drug-likeness (QED) is 0.309. The summed E-state index contributed by atoms with van der Waals surface area (Å²) in [4.78, 5) is 29.0. The first-order valence-corrected chi connectivity index (χ1v) is 12.2. The van der Waals surface area contributed by atoms with E-state index in [1.807, 2.05) is 48.5 Å². The second-order valence-electron chi connectivity index (χ2n) is 9.43. The average Bonchev–Trinajstić information content (AvgIpc) is 3.16. The van der Waals surface area contributed by atoms with Crippen LogP contribution in [0.5, 0.6) is 11.5 Å². The van der Waals surface area contributed by atoms with Crippen molar-refractivity contribution in [3.8, 4) is 11.5 Å². The molecule has 4 aromatic rings. The molecule has 0 saturated heterocycles. The summed E-state index contributed by atoms with van der Waals surface area (Å²) in [5, 5.41) is 0.455. The Morgan fingerprint density at radius 2 is 1.69 bits per heavy atom. The molecule has 6 nitrogen and oxygen atoms in total. The zero-order chi connectivity index (χ0) is 25.2. The number of ether oxygens (including phenoxy) is 2. The van der Waals surface area contributed by atoms with Gasteiger partial charge in [-0.1, -0.05) is 62.4 Å². The monoisotopic (exact) mass is 483 g/mol. The van der Waals surface area contributed by atoms with E-state index in [4.69, 9.17) is 13.9 Å². The third-order valence-corrected chi connectivity index (χ3v) is 6.53. The van der Waals surface area contributed by atoms with Crippen molar-refractivity contribution < 1.29 is 18.7 Å². The number of benzene rings is 3. The van der Waals surface area contributed by atoms with Gasteiger partial charge in [0.15, 0.2) is 16.9 Å². The zero-order valence-corrected chi connectivity index (χ0v) is 20.7. The Morgan fingerprint density at radius 3 is 2.44 bits per heavy atom. The van der Waals surface area contributed by atoms with E-state index in [2.05, 4.69) is 13.8 Å². The molecule has 0 aliphatic carbocycles.